The van der Waals surface area contributed by atoms with Crippen molar-refractivity contribution in [2.45, 2.75) is 32.6 Å². The Bertz CT molecular complexity index is 1000. The molecule has 1 aliphatic rings. The van der Waals surface area contributed by atoms with E-state index < -0.39 is 0 Å². The first-order chi connectivity index (χ1) is 14.7. The molecule has 30 heavy (non-hydrogen) atoms. The average Bonchev–Trinajstić information content (AvgIpc) is 3.42. The van der Waals surface area contributed by atoms with Gasteiger partial charge in [-0.3, -0.25) is 5.10 Å². The van der Waals surface area contributed by atoms with Gasteiger partial charge in [0.1, 0.15) is 5.82 Å². The van der Waals surface area contributed by atoms with Gasteiger partial charge in [0, 0.05) is 29.8 Å². The predicted octanol–water partition coefficient (Wildman–Crippen LogP) is 4.19. The Morgan fingerprint density at radius 2 is 2.00 bits per heavy atom. The molecule has 0 spiro atoms. The molecular formula is C21H27ClN6O2. The first-order valence-corrected chi connectivity index (χ1v) is 10.8. The molecule has 0 saturated carbocycles. The molecule has 0 aliphatic carbocycles. The third kappa shape index (κ3) is 4.76. The van der Waals surface area contributed by atoms with Crippen LogP contribution in [0.1, 0.15) is 31.9 Å². The smallest absolute Gasteiger partial charge is 0.224 e. The van der Waals surface area contributed by atoms with Crippen molar-refractivity contribution >= 4 is 34.1 Å². The Balaban J connectivity index is 1.54. The van der Waals surface area contributed by atoms with Crippen molar-refractivity contribution in [1.29, 1.82) is 0 Å². The maximum atomic E-state index is 6.18. The van der Waals surface area contributed by atoms with Crippen LogP contribution in [0.2, 0.25) is 5.28 Å². The fourth-order valence-electron chi connectivity index (χ4n) is 3.68. The Kier molecular flexibility index (Phi) is 6.54. The van der Waals surface area contributed by atoms with Gasteiger partial charge < -0.3 is 19.7 Å². The number of methoxy groups -OCH3 is 1. The van der Waals surface area contributed by atoms with Gasteiger partial charge in [0.25, 0.3) is 0 Å². The summed E-state index contributed by atoms with van der Waals surface area (Å²) in [6.45, 7) is 6.13. The Hall–Kier alpha value is -2.58. The third-order valence-corrected chi connectivity index (χ3v) is 5.46. The number of aromatic nitrogens is 4. The lowest BCUT2D eigenvalue weighted by atomic mass is 10.2. The van der Waals surface area contributed by atoms with Crippen LogP contribution >= 0.6 is 11.6 Å². The van der Waals surface area contributed by atoms with E-state index in [1.807, 2.05) is 18.2 Å². The van der Waals surface area contributed by atoms with E-state index >= 15 is 0 Å². The molecule has 8 nitrogen and oxygen atoms in total. The van der Waals surface area contributed by atoms with Gasteiger partial charge in [0.2, 0.25) is 5.28 Å². The van der Waals surface area contributed by atoms with E-state index in [1.54, 1.807) is 7.11 Å². The van der Waals surface area contributed by atoms with Gasteiger partial charge in [-0.1, -0.05) is 6.92 Å². The van der Waals surface area contributed by atoms with Crippen molar-refractivity contribution in [2.24, 2.45) is 0 Å². The van der Waals surface area contributed by atoms with Crippen molar-refractivity contribution in [2.75, 3.05) is 38.7 Å². The quantitative estimate of drug-likeness (QED) is 0.388. The Labute approximate surface area is 180 Å². The second-order valence-electron chi connectivity index (χ2n) is 7.37. The first kappa shape index (κ1) is 20.7. The van der Waals surface area contributed by atoms with Crippen molar-refractivity contribution in [3.05, 3.63) is 29.2 Å². The zero-order valence-corrected chi connectivity index (χ0v) is 18.1. The van der Waals surface area contributed by atoms with Crippen LogP contribution in [0, 0.1) is 0 Å². The molecule has 2 N–H and O–H groups in total. The van der Waals surface area contributed by atoms with Crippen molar-refractivity contribution < 1.29 is 9.47 Å². The average molecular weight is 431 g/mol. The number of likely N-dealkylation sites (tertiary alicyclic amines) is 1. The van der Waals surface area contributed by atoms with Crippen molar-refractivity contribution in [3.8, 4) is 11.5 Å². The number of benzene rings is 1. The Morgan fingerprint density at radius 1 is 1.17 bits per heavy atom. The minimum atomic E-state index is 0.154. The molecule has 3 heterocycles. The summed E-state index contributed by atoms with van der Waals surface area (Å²) < 4.78 is 11.6. The molecule has 0 radical (unpaired) electrons. The van der Waals surface area contributed by atoms with Crippen LogP contribution in [-0.4, -0.2) is 58.4 Å². The minimum Gasteiger partial charge on any atom is -0.493 e. The molecule has 0 atom stereocenters. The molecule has 0 unspecified atom stereocenters. The second kappa shape index (κ2) is 9.49. The van der Waals surface area contributed by atoms with Gasteiger partial charge in [-0.15, -0.1) is 0 Å². The Morgan fingerprint density at radius 3 is 2.73 bits per heavy atom. The zero-order chi connectivity index (χ0) is 20.9. The van der Waals surface area contributed by atoms with Crippen LogP contribution < -0.4 is 14.8 Å². The minimum absolute atomic E-state index is 0.154. The number of nitrogens with zero attached hydrogens (tertiary/aromatic N) is 4. The first-order valence-electron chi connectivity index (χ1n) is 10.4. The lowest BCUT2D eigenvalue weighted by molar-refractivity contribution is 0.254. The molecule has 1 aromatic carbocycles. The number of aryl methyl sites for hydroxylation is 1. The van der Waals surface area contributed by atoms with Gasteiger partial charge in [-0.05, 0) is 56.4 Å². The maximum Gasteiger partial charge on any atom is 0.224 e. The normalized spacial score (nSPS) is 14.4. The number of H-pyrrole nitrogens is 1. The number of anilines is 2. The third-order valence-electron chi connectivity index (χ3n) is 5.29. The fraction of sp³-hybridized carbons (Fsp3) is 0.476. The standard InChI is InChI=1S/C21H27ClN6O2/c1-3-14-11-19(27-26-14)24-20-15-12-17(29-2)18(13-16(15)23-21(22)25-20)30-10-6-9-28-7-4-5-8-28/h11-13H,3-10H2,1-2H3,(H2,23,24,25,26,27). The molecule has 3 aromatic rings. The van der Waals surface area contributed by atoms with Gasteiger partial charge in [0.15, 0.2) is 17.3 Å². The zero-order valence-electron chi connectivity index (χ0n) is 17.4. The summed E-state index contributed by atoms with van der Waals surface area (Å²) in [5.41, 5.74) is 1.71. The highest BCUT2D eigenvalue weighted by Crippen LogP contribution is 2.35. The summed E-state index contributed by atoms with van der Waals surface area (Å²) >= 11 is 6.18. The highest BCUT2D eigenvalue weighted by Gasteiger charge is 2.15. The van der Waals surface area contributed by atoms with Crippen LogP contribution in [-0.2, 0) is 6.42 Å². The van der Waals surface area contributed by atoms with Crippen LogP contribution in [0.5, 0.6) is 11.5 Å². The van der Waals surface area contributed by atoms with E-state index in [2.05, 4.69) is 37.3 Å². The molecule has 0 amide bonds. The summed E-state index contributed by atoms with van der Waals surface area (Å²) in [5.74, 6) is 2.52. The topological polar surface area (TPSA) is 88.2 Å². The summed E-state index contributed by atoms with van der Waals surface area (Å²) in [6.07, 6.45) is 4.44. The molecule has 160 valence electrons. The fourth-order valence-corrected chi connectivity index (χ4v) is 3.86. The van der Waals surface area contributed by atoms with Gasteiger partial charge >= 0.3 is 0 Å². The van der Waals surface area contributed by atoms with Crippen LogP contribution in [0.25, 0.3) is 10.9 Å². The van der Waals surface area contributed by atoms with E-state index in [4.69, 9.17) is 21.1 Å². The molecule has 1 saturated heterocycles. The number of fused-ring (bicyclic) bond motifs is 1. The molecule has 0 bridgehead atoms. The number of hydrogen-bond donors (Lipinski definition) is 2. The lowest BCUT2D eigenvalue weighted by Crippen LogP contribution is -2.21. The van der Waals surface area contributed by atoms with Crippen molar-refractivity contribution in [3.63, 3.8) is 0 Å². The van der Waals surface area contributed by atoms with Gasteiger partial charge in [0.05, 0.1) is 19.2 Å². The van der Waals surface area contributed by atoms with E-state index in [0.717, 1.165) is 30.5 Å². The van der Waals surface area contributed by atoms with Crippen LogP contribution in [0.15, 0.2) is 18.2 Å². The number of aromatic amines is 1. The molecular weight excluding hydrogens is 404 g/mol. The van der Waals surface area contributed by atoms with Gasteiger partial charge in [-0.25, -0.2) is 4.98 Å². The molecule has 9 heteroatoms. The van der Waals surface area contributed by atoms with Gasteiger partial charge in [-0.2, -0.15) is 10.1 Å². The van der Waals surface area contributed by atoms with E-state index in [9.17, 15) is 0 Å². The highest BCUT2D eigenvalue weighted by molar-refractivity contribution is 6.28. The summed E-state index contributed by atoms with van der Waals surface area (Å²) in [7, 11) is 1.63. The number of hydrogen-bond acceptors (Lipinski definition) is 7. The predicted molar refractivity (Wildman–Crippen MR) is 118 cm³/mol. The summed E-state index contributed by atoms with van der Waals surface area (Å²) in [6, 6.07) is 5.67. The van der Waals surface area contributed by atoms with E-state index in [1.165, 1.54) is 25.9 Å². The summed E-state index contributed by atoms with van der Waals surface area (Å²) in [4.78, 5) is 11.2. The number of rotatable bonds is 9. The molecule has 2 aromatic heterocycles. The number of nitrogens with one attached hydrogen (secondary N) is 2. The van der Waals surface area contributed by atoms with Crippen LogP contribution in [0.4, 0.5) is 11.6 Å². The number of ether oxygens (including phenoxy) is 2. The molecule has 1 aliphatic heterocycles. The second-order valence-corrected chi connectivity index (χ2v) is 7.71. The van der Waals surface area contributed by atoms with E-state index in [-0.39, 0.29) is 5.28 Å². The SMILES string of the molecule is CCc1cc(Nc2nc(Cl)nc3cc(OCCCN4CCCC4)c(OC)cc23)n[nH]1. The highest BCUT2D eigenvalue weighted by atomic mass is 35.5. The molecule has 1 fully saturated rings. The maximum absolute atomic E-state index is 6.18. The number of halogens is 1. The monoisotopic (exact) mass is 430 g/mol. The largest absolute Gasteiger partial charge is 0.493 e. The summed E-state index contributed by atoms with van der Waals surface area (Å²) in [5, 5.41) is 11.4. The van der Waals surface area contributed by atoms with Crippen molar-refractivity contribution in [1.82, 2.24) is 25.1 Å². The van der Waals surface area contributed by atoms with E-state index in [0.29, 0.717) is 35.3 Å². The molecule has 4 rings (SSSR count). The lowest BCUT2D eigenvalue weighted by Gasteiger charge is -2.16. The van der Waals surface area contributed by atoms with Crippen LogP contribution in [0.3, 0.4) is 0 Å².